The van der Waals surface area contributed by atoms with E-state index >= 15 is 0 Å². The van der Waals surface area contributed by atoms with Gasteiger partial charge in [-0.1, -0.05) is 70.0 Å². The second-order valence-electron chi connectivity index (χ2n) is 10.8. The summed E-state index contributed by atoms with van der Waals surface area (Å²) in [4.78, 5) is 20.5. The molecule has 2 heterocycles. The normalized spacial score (nSPS) is 23.6. The maximum absolute atomic E-state index is 13.7. The number of hydrogen-bond acceptors (Lipinski definition) is 4. The number of carbonyl (C=O) groups is 1. The molecule has 0 aliphatic carbocycles. The lowest BCUT2D eigenvalue weighted by Crippen LogP contribution is -2.67. The summed E-state index contributed by atoms with van der Waals surface area (Å²) < 4.78 is 8.10. The van der Waals surface area contributed by atoms with Crippen LogP contribution in [0.4, 0.5) is 5.69 Å². The van der Waals surface area contributed by atoms with E-state index in [1.807, 2.05) is 29.2 Å². The number of carbonyl (C=O) groups excluding carboxylic acids is 1. The van der Waals surface area contributed by atoms with Gasteiger partial charge in [0.05, 0.1) is 23.8 Å². The van der Waals surface area contributed by atoms with Gasteiger partial charge in [0.1, 0.15) is 0 Å². The Hall–Kier alpha value is -0.353. The van der Waals surface area contributed by atoms with Crippen molar-refractivity contribution in [2.45, 2.75) is 90.6 Å². The minimum atomic E-state index is -2.01. The van der Waals surface area contributed by atoms with Gasteiger partial charge < -0.3 is 4.43 Å². The molecule has 1 amide bonds. The van der Waals surface area contributed by atoms with Crippen molar-refractivity contribution in [3.63, 3.8) is 0 Å². The van der Waals surface area contributed by atoms with Crippen LogP contribution < -0.4 is 0 Å². The van der Waals surface area contributed by atoms with Crippen LogP contribution in [0, 0.1) is 5.92 Å². The van der Waals surface area contributed by atoms with Crippen LogP contribution in [0.5, 0.6) is 0 Å². The van der Waals surface area contributed by atoms with Crippen LogP contribution in [-0.2, 0) is 9.22 Å². The highest BCUT2D eigenvalue weighted by atomic mass is 127. The van der Waals surface area contributed by atoms with Gasteiger partial charge in [0.15, 0.2) is 13.5 Å². The molecule has 4 nitrogen and oxygen atoms in total. The van der Waals surface area contributed by atoms with Crippen molar-refractivity contribution in [1.82, 2.24) is 4.90 Å². The third-order valence-electron chi connectivity index (χ3n) is 7.26. The molecule has 2 aliphatic heterocycles. The van der Waals surface area contributed by atoms with Crippen LogP contribution >= 0.6 is 46.0 Å². The lowest BCUT2D eigenvalue weighted by Gasteiger charge is -2.51. The number of halogens is 2. The second kappa shape index (κ2) is 11.4. The Morgan fingerprint density at radius 2 is 2.03 bits per heavy atom. The van der Waals surface area contributed by atoms with Crippen LogP contribution in [0.25, 0.3) is 0 Å². The summed E-state index contributed by atoms with van der Waals surface area (Å²) in [6, 6.07) is 7.54. The molecule has 0 radical (unpaired) electrons. The van der Waals surface area contributed by atoms with Crippen molar-refractivity contribution in [2.75, 3.05) is 5.75 Å². The molecular weight excluding hydrogens is 595 g/mol. The first kappa shape index (κ1) is 28.2. The van der Waals surface area contributed by atoms with Crippen LogP contribution in [0.15, 0.2) is 38.4 Å². The number of thioether (sulfide) groups is 1. The van der Waals surface area contributed by atoms with E-state index < -0.39 is 8.32 Å². The van der Waals surface area contributed by atoms with Gasteiger partial charge in [-0.15, -0.1) is 0 Å². The zero-order valence-electron chi connectivity index (χ0n) is 21.5. The van der Waals surface area contributed by atoms with Crippen molar-refractivity contribution < 1.29 is 9.22 Å². The topological polar surface area (TPSA) is 41.9 Å². The molecule has 3 rings (SSSR count). The number of fused-ring (bicyclic) bond motifs is 1. The highest BCUT2D eigenvalue weighted by Gasteiger charge is 2.56. The number of nitrogens with zero attached hydrogens (tertiary/aromatic N) is 2. The highest BCUT2D eigenvalue weighted by Crippen LogP contribution is 2.47. The lowest BCUT2D eigenvalue weighted by atomic mass is 9.77. The lowest BCUT2D eigenvalue weighted by molar-refractivity contribution is -0.151. The molecule has 0 aromatic heterocycles. The monoisotopic (exact) mass is 632 g/mol. The number of aliphatic imine (C=N–C) groups is 1. The Morgan fingerprint density at radius 1 is 1.32 bits per heavy atom. The molecule has 1 saturated heterocycles. The Bertz CT molecular complexity index is 976. The minimum absolute atomic E-state index is 0.0176. The molecule has 1 aromatic carbocycles. The van der Waals surface area contributed by atoms with Crippen molar-refractivity contribution in [3.05, 3.63) is 38.4 Å². The van der Waals surface area contributed by atoms with Crippen LogP contribution in [-0.4, -0.2) is 42.2 Å². The summed E-state index contributed by atoms with van der Waals surface area (Å²) in [6.45, 7) is 15.6. The number of amidine groups is 1. The van der Waals surface area contributed by atoms with E-state index in [0.717, 1.165) is 29.4 Å². The fraction of sp³-hybridized carbons (Fsp3) is 0.615. The molecule has 188 valence electrons. The molecular formula is C26H38ClIN2O2SSi. The molecule has 34 heavy (non-hydrogen) atoms. The molecule has 0 spiro atoms. The predicted octanol–water partition coefficient (Wildman–Crippen LogP) is 8.58. The second-order valence-corrected chi connectivity index (χ2v) is 18.2. The van der Waals surface area contributed by atoms with E-state index in [4.69, 9.17) is 21.0 Å². The van der Waals surface area contributed by atoms with Crippen molar-refractivity contribution in [2.24, 2.45) is 10.9 Å². The van der Waals surface area contributed by atoms with Crippen LogP contribution in [0.1, 0.15) is 60.3 Å². The van der Waals surface area contributed by atoms with E-state index in [9.17, 15) is 4.79 Å². The standard InChI is InChI=1S/C26H38ClIN2O2SSi/c1-8-9-10-14-20-21(28)16-33-25(29-19-13-11-12-18(27)15-19)30-23(20)22(24(30)31)17(2)32-34(6,7)26(3,4)5/h11-13,15,17,22-23H,8-10,14,16H2,1-7H3/t17-,22-,23-/m1/s1. The molecule has 0 N–H and O–H groups in total. The van der Waals surface area contributed by atoms with Crippen molar-refractivity contribution >= 4 is 71.0 Å². The number of unbranched alkanes of at least 4 members (excludes halogenated alkanes) is 2. The van der Waals surface area contributed by atoms with Crippen LogP contribution in [0.3, 0.4) is 0 Å². The van der Waals surface area contributed by atoms with Gasteiger partial charge in [-0.2, -0.15) is 0 Å². The highest BCUT2D eigenvalue weighted by molar-refractivity contribution is 14.1. The van der Waals surface area contributed by atoms with Gasteiger partial charge in [-0.3, -0.25) is 9.69 Å². The zero-order valence-corrected chi connectivity index (χ0v) is 26.2. The summed E-state index contributed by atoms with van der Waals surface area (Å²) in [5, 5.41) is 1.52. The Labute approximate surface area is 229 Å². The summed E-state index contributed by atoms with van der Waals surface area (Å²) >= 11 is 10.3. The smallest absolute Gasteiger partial charge is 0.237 e. The molecule has 1 fully saturated rings. The van der Waals surface area contributed by atoms with Crippen LogP contribution in [0.2, 0.25) is 23.2 Å². The van der Waals surface area contributed by atoms with Gasteiger partial charge in [-0.05, 0) is 84.3 Å². The van der Waals surface area contributed by atoms with Crippen molar-refractivity contribution in [1.29, 1.82) is 0 Å². The van der Waals surface area contributed by atoms with E-state index in [0.29, 0.717) is 5.02 Å². The fourth-order valence-electron chi connectivity index (χ4n) is 4.31. The first-order chi connectivity index (χ1) is 15.9. The van der Waals surface area contributed by atoms with Gasteiger partial charge in [-0.25, -0.2) is 4.99 Å². The molecule has 8 heteroatoms. The Balaban J connectivity index is 1.97. The molecule has 0 saturated carbocycles. The molecule has 3 atom stereocenters. The number of benzene rings is 1. The average molecular weight is 633 g/mol. The predicted molar refractivity (Wildman–Crippen MR) is 158 cm³/mol. The maximum Gasteiger partial charge on any atom is 0.237 e. The Morgan fingerprint density at radius 3 is 2.65 bits per heavy atom. The first-order valence-corrected chi connectivity index (χ1v) is 17.6. The number of amides is 1. The van der Waals surface area contributed by atoms with E-state index in [1.165, 1.54) is 22.0 Å². The zero-order chi connectivity index (χ0) is 25.3. The average Bonchev–Trinajstić information content (AvgIpc) is 2.82. The first-order valence-electron chi connectivity index (χ1n) is 12.2. The molecule has 0 unspecified atom stereocenters. The third kappa shape index (κ3) is 6.13. The third-order valence-corrected chi connectivity index (χ3v) is 14.6. The van der Waals surface area contributed by atoms with E-state index in [-0.39, 0.29) is 29.0 Å². The van der Waals surface area contributed by atoms with Gasteiger partial charge in [0, 0.05) is 14.4 Å². The quantitative estimate of drug-likeness (QED) is 0.125. The van der Waals surface area contributed by atoms with Gasteiger partial charge in [0.2, 0.25) is 5.91 Å². The molecule has 0 bridgehead atoms. The summed E-state index contributed by atoms with van der Waals surface area (Å²) in [5.41, 5.74) is 2.17. The fourth-order valence-corrected chi connectivity index (χ4v) is 7.93. The van der Waals surface area contributed by atoms with E-state index in [2.05, 4.69) is 70.3 Å². The van der Waals surface area contributed by atoms with E-state index in [1.54, 1.807) is 11.8 Å². The Kier molecular flexibility index (Phi) is 9.43. The van der Waals surface area contributed by atoms with Gasteiger partial charge >= 0.3 is 0 Å². The maximum atomic E-state index is 13.7. The number of β-lactam (4-membered cyclic amide) rings is 1. The summed E-state index contributed by atoms with van der Waals surface area (Å²) in [7, 11) is -2.01. The SMILES string of the molecule is CCCCCC1=C(I)CSC(=Nc2cccc(Cl)c2)N2C(=O)[C@H]([C@@H](C)O[Si](C)(C)C(C)(C)C)[C@@H]12. The summed E-state index contributed by atoms with van der Waals surface area (Å²) in [5.74, 6) is 0.800. The number of hydrogen-bond donors (Lipinski definition) is 0. The molecule has 1 aromatic rings. The minimum Gasteiger partial charge on any atom is -0.413 e. The largest absolute Gasteiger partial charge is 0.413 e. The van der Waals surface area contributed by atoms with Gasteiger partial charge in [0.25, 0.3) is 0 Å². The molecule has 2 aliphatic rings. The van der Waals surface area contributed by atoms with Crippen molar-refractivity contribution in [3.8, 4) is 0 Å². The summed E-state index contributed by atoms with van der Waals surface area (Å²) in [6.07, 6.45) is 4.42. The number of rotatable bonds is 8.